The van der Waals surface area contributed by atoms with Crippen LogP contribution in [0.1, 0.15) is 38.1 Å². The second kappa shape index (κ2) is 7.18. The SMILES string of the molecule is C=C(C)c1ccc(N)nn1.CC(C)c1ccc(N)nn1. The number of rotatable bonds is 2. The highest BCUT2D eigenvalue weighted by Gasteiger charge is 1.98. The van der Waals surface area contributed by atoms with Crippen molar-refractivity contribution in [2.45, 2.75) is 26.7 Å². The molecule has 4 N–H and O–H groups in total. The Morgan fingerprint density at radius 1 is 0.950 bits per heavy atom. The van der Waals surface area contributed by atoms with Crippen molar-refractivity contribution in [2.75, 3.05) is 11.5 Å². The number of aromatic nitrogens is 4. The van der Waals surface area contributed by atoms with E-state index in [0.717, 1.165) is 17.0 Å². The van der Waals surface area contributed by atoms with Gasteiger partial charge >= 0.3 is 0 Å². The summed E-state index contributed by atoms with van der Waals surface area (Å²) in [5.41, 5.74) is 13.3. The maximum atomic E-state index is 5.35. The van der Waals surface area contributed by atoms with Gasteiger partial charge in [0, 0.05) is 0 Å². The Morgan fingerprint density at radius 3 is 1.85 bits per heavy atom. The van der Waals surface area contributed by atoms with Crippen molar-refractivity contribution in [2.24, 2.45) is 0 Å². The van der Waals surface area contributed by atoms with Crippen LogP contribution in [0.3, 0.4) is 0 Å². The summed E-state index contributed by atoms with van der Waals surface area (Å²) in [6, 6.07) is 7.16. The van der Waals surface area contributed by atoms with Crippen LogP contribution in [0, 0.1) is 0 Å². The van der Waals surface area contributed by atoms with Crippen molar-refractivity contribution in [3.05, 3.63) is 42.2 Å². The monoisotopic (exact) mass is 272 g/mol. The van der Waals surface area contributed by atoms with Gasteiger partial charge in [0.25, 0.3) is 0 Å². The number of hydrogen-bond donors (Lipinski definition) is 2. The molecule has 2 aromatic heterocycles. The number of allylic oxidation sites excluding steroid dienone is 1. The lowest BCUT2D eigenvalue weighted by atomic mass is 10.1. The molecule has 0 unspecified atom stereocenters. The van der Waals surface area contributed by atoms with Crippen molar-refractivity contribution in [3.8, 4) is 0 Å². The average molecular weight is 272 g/mol. The maximum absolute atomic E-state index is 5.35. The predicted octanol–water partition coefficient (Wildman–Crippen LogP) is 2.27. The minimum absolute atomic E-state index is 0.424. The van der Waals surface area contributed by atoms with Gasteiger partial charge in [-0.1, -0.05) is 20.4 Å². The van der Waals surface area contributed by atoms with E-state index < -0.39 is 0 Å². The smallest absolute Gasteiger partial charge is 0.146 e. The third kappa shape index (κ3) is 5.01. The summed E-state index contributed by atoms with van der Waals surface area (Å²) in [7, 11) is 0. The third-order valence-corrected chi connectivity index (χ3v) is 2.42. The zero-order valence-corrected chi connectivity index (χ0v) is 12.0. The van der Waals surface area contributed by atoms with Gasteiger partial charge in [-0.3, -0.25) is 0 Å². The molecule has 0 amide bonds. The molecule has 0 bridgehead atoms. The van der Waals surface area contributed by atoms with E-state index >= 15 is 0 Å². The van der Waals surface area contributed by atoms with E-state index in [4.69, 9.17) is 11.5 Å². The molecule has 6 heteroatoms. The summed E-state index contributed by atoms with van der Waals surface area (Å²) in [5, 5.41) is 15.1. The molecule has 0 radical (unpaired) electrons. The highest BCUT2D eigenvalue weighted by atomic mass is 15.1. The lowest BCUT2D eigenvalue weighted by molar-refractivity contribution is 0.788. The standard InChI is InChI=1S/C7H11N3.C7H9N3/c2*1-5(2)6-3-4-7(8)10-9-6/h3-5H,1-2H3,(H2,8,10);3-4H,1H2,2H3,(H2,8,10). The fourth-order valence-electron chi connectivity index (χ4n) is 1.23. The van der Waals surface area contributed by atoms with Gasteiger partial charge < -0.3 is 11.5 Å². The number of nitrogen functional groups attached to an aromatic ring is 2. The summed E-state index contributed by atoms with van der Waals surface area (Å²) in [6.07, 6.45) is 0. The van der Waals surface area contributed by atoms with Crippen LogP contribution in [-0.4, -0.2) is 20.4 Å². The zero-order chi connectivity index (χ0) is 15.1. The molecule has 0 saturated heterocycles. The molecule has 0 aliphatic carbocycles. The average Bonchev–Trinajstić information content (AvgIpc) is 2.40. The molecule has 0 spiro atoms. The molecule has 0 aliphatic heterocycles. The van der Waals surface area contributed by atoms with E-state index in [9.17, 15) is 0 Å². The van der Waals surface area contributed by atoms with E-state index in [1.54, 1.807) is 18.2 Å². The molecule has 0 atom stereocenters. The van der Waals surface area contributed by atoms with Crippen molar-refractivity contribution < 1.29 is 0 Å². The van der Waals surface area contributed by atoms with Gasteiger partial charge in [0.2, 0.25) is 0 Å². The molecule has 0 saturated carbocycles. The lowest BCUT2D eigenvalue weighted by Gasteiger charge is -2.00. The van der Waals surface area contributed by atoms with Crippen molar-refractivity contribution in [1.29, 1.82) is 0 Å². The maximum Gasteiger partial charge on any atom is 0.146 e. The minimum Gasteiger partial charge on any atom is -0.382 e. The number of anilines is 2. The van der Waals surface area contributed by atoms with Crippen LogP contribution < -0.4 is 11.5 Å². The quantitative estimate of drug-likeness (QED) is 0.869. The van der Waals surface area contributed by atoms with Crippen molar-refractivity contribution in [1.82, 2.24) is 20.4 Å². The van der Waals surface area contributed by atoms with Crippen LogP contribution in [0.2, 0.25) is 0 Å². The first kappa shape index (κ1) is 15.6. The van der Waals surface area contributed by atoms with Gasteiger partial charge in [0.15, 0.2) is 0 Å². The van der Waals surface area contributed by atoms with E-state index in [1.165, 1.54) is 0 Å². The van der Waals surface area contributed by atoms with Crippen LogP contribution >= 0.6 is 0 Å². The van der Waals surface area contributed by atoms with Gasteiger partial charge in [0.1, 0.15) is 11.6 Å². The van der Waals surface area contributed by atoms with Crippen molar-refractivity contribution >= 4 is 17.2 Å². The molecule has 6 nitrogen and oxygen atoms in total. The molecule has 20 heavy (non-hydrogen) atoms. The molecule has 2 heterocycles. The second-order valence-corrected chi connectivity index (χ2v) is 4.66. The van der Waals surface area contributed by atoms with Gasteiger partial charge in [-0.2, -0.15) is 5.10 Å². The summed E-state index contributed by atoms with van der Waals surface area (Å²) in [4.78, 5) is 0. The molecule has 0 aromatic carbocycles. The lowest BCUT2D eigenvalue weighted by Crippen LogP contribution is -1.97. The zero-order valence-electron chi connectivity index (χ0n) is 12.0. The number of hydrogen-bond acceptors (Lipinski definition) is 6. The molecular weight excluding hydrogens is 252 g/mol. The van der Waals surface area contributed by atoms with E-state index in [1.807, 2.05) is 13.0 Å². The third-order valence-electron chi connectivity index (χ3n) is 2.42. The van der Waals surface area contributed by atoms with Crippen LogP contribution in [0.25, 0.3) is 5.57 Å². The Morgan fingerprint density at radius 2 is 1.50 bits per heavy atom. The van der Waals surface area contributed by atoms with E-state index in [0.29, 0.717) is 17.6 Å². The number of nitrogens with zero attached hydrogens (tertiary/aromatic N) is 4. The predicted molar refractivity (Wildman–Crippen MR) is 81.7 cm³/mol. The Labute approximate surface area is 118 Å². The summed E-state index contributed by atoms with van der Waals surface area (Å²) in [5.74, 6) is 1.34. The van der Waals surface area contributed by atoms with Crippen molar-refractivity contribution in [3.63, 3.8) is 0 Å². The van der Waals surface area contributed by atoms with E-state index in [2.05, 4.69) is 40.8 Å². The molecular formula is C14H20N6. The van der Waals surface area contributed by atoms with Crippen LogP contribution in [0.5, 0.6) is 0 Å². The van der Waals surface area contributed by atoms with Crippen LogP contribution in [0.15, 0.2) is 30.8 Å². The fraction of sp³-hybridized carbons (Fsp3) is 0.286. The first-order valence-electron chi connectivity index (χ1n) is 6.24. The van der Waals surface area contributed by atoms with Crippen LogP contribution in [0.4, 0.5) is 11.6 Å². The molecule has 0 fully saturated rings. The number of nitrogens with two attached hydrogens (primary N) is 2. The van der Waals surface area contributed by atoms with Gasteiger partial charge in [-0.25, -0.2) is 0 Å². The molecule has 2 rings (SSSR count). The van der Waals surface area contributed by atoms with Gasteiger partial charge in [0.05, 0.1) is 11.4 Å². The largest absolute Gasteiger partial charge is 0.382 e. The molecule has 0 aliphatic rings. The first-order valence-corrected chi connectivity index (χ1v) is 6.24. The van der Waals surface area contributed by atoms with Gasteiger partial charge in [-0.15, -0.1) is 15.3 Å². The second-order valence-electron chi connectivity index (χ2n) is 4.66. The molecule has 106 valence electrons. The summed E-state index contributed by atoms with van der Waals surface area (Å²) >= 11 is 0. The Hall–Kier alpha value is -2.50. The fourth-order valence-corrected chi connectivity index (χ4v) is 1.23. The van der Waals surface area contributed by atoms with Gasteiger partial charge in [-0.05, 0) is 42.7 Å². The van der Waals surface area contributed by atoms with Crippen LogP contribution in [-0.2, 0) is 0 Å². The topological polar surface area (TPSA) is 104 Å². The molecule has 2 aromatic rings. The highest BCUT2D eigenvalue weighted by molar-refractivity contribution is 5.57. The Balaban J connectivity index is 0.000000200. The first-order chi connectivity index (χ1) is 9.40. The minimum atomic E-state index is 0.424. The summed E-state index contributed by atoms with van der Waals surface area (Å²) < 4.78 is 0. The normalized spacial score (nSPS) is 9.80. The Kier molecular flexibility index (Phi) is 5.58. The van der Waals surface area contributed by atoms with E-state index in [-0.39, 0.29) is 0 Å². The summed E-state index contributed by atoms with van der Waals surface area (Å²) in [6.45, 7) is 9.73. The Bertz CT molecular complexity index is 545. The highest BCUT2D eigenvalue weighted by Crippen LogP contribution is 2.09.